The summed E-state index contributed by atoms with van der Waals surface area (Å²) < 4.78 is 1.73. The van der Waals surface area contributed by atoms with E-state index in [9.17, 15) is 4.79 Å². The van der Waals surface area contributed by atoms with Crippen LogP contribution in [0, 0.1) is 0 Å². The molecule has 2 aromatic heterocycles. The lowest BCUT2D eigenvalue weighted by Gasteiger charge is -1.90. The zero-order valence-corrected chi connectivity index (χ0v) is 8.35. The Morgan fingerprint density at radius 2 is 2.08 bits per heavy atom. The predicted octanol–water partition coefficient (Wildman–Crippen LogP) is 0.500. The molecule has 0 aliphatic rings. The van der Waals surface area contributed by atoms with Crippen LogP contribution in [0.15, 0.2) is 17.3 Å². The van der Waals surface area contributed by atoms with Gasteiger partial charge in [-0.05, 0) is 0 Å². The molecule has 0 aliphatic heterocycles. The van der Waals surface area contributed by atoms with E-state index in [0.717, 1.165) is 0 Å². The van der Waals surface area contributed by atoms with E-state index < -0.39 is 0 Å². The van der Waals surface area contributed by atoms with Crippen LogP contribution in [0.3, 0.4) is 0 Å². The number of aromatic amines is 1. The van der Waals surface area contributed by atoms with E-state index in [-0.39, 0.29) is 30.5 Å². The highest BCUT2D eigenvalue weighted by Gasteiger charge is 1.98. The molecule has 0 saturated carbocycles. The molecule has 0 fully saturated rings. The quantitative estimate of drug-likeness (QED) is 0.707. The van der Waals surface area contributed by atoms with Gasteiger partial charge in [0, 0.05) is 7.05 Å². The molecule has 13 heavy (non-hydrogen) atoms. The summed E-state index contributed by atoms with van der Waals surface area (Å²) in [6.45, 7) is 0. The fraction of sp³-hybridized carbons (Fsp3) is 0.167. The van der Waals surface area contributed by atoms with Crippen LogP contribution >= 0.6 is 24.8 Å². The van der Waals surface area contributed by atoms with Gasteiger partial charge in [-0.1, -0.05) is 0 Å². The minimum atomic E-state index is -0.346. The van der Waals surface area contributed by atoms with E-state index in [1.54, 1.807) is 10.9 Å². The molecular formula is C6H8Cl2N4O. The molecule has 0 aromatic carbocycles. The summed E-state index contributed by atoms with van der Waals surface area (Å²) in [5, 5.41) is 0. The van der Waals surface area contributed by atoms with Crippen molar-refractivity contribution in [3.8, 4) is 0 Å². The average molecular weight is 223 g/mol. The lowest BCUT2D eigenvalue weighted by Crippen LogP contribution is -2.09. The molecule has 2 rings (SSSR count). The van der Waals surface area contributed by atoms with Crippen LogP contribution in [0.4, 0.5) is 0 Å². The van der Waals surface area contributed by atoms with Crippen molar-refractivity contribution in [2.45, 2.75) is 0 Å². The van der Waals surface area contributed by atoms with Crippen molar-refractivity contribution in [3.05, 3.63) is 23.0 Å². The van der Waals surface area contributed by atoms with Crippen LogP contribution in [-0.2, 0) is 7.05 Å². The molecule has 0 amide bonds. The highest BCUT2D eigenvalue weighted by atomic mass is 35.5. The first-order valence-electron chi connectivity index (χ1n) is 3.14. The number of H-pyrrole nitrogens is 1. The van der Waals surface area contributed by atoms with Crippen molar-refractivity contribution >= 4 is 36.0 Å². The van der Waals surface area contributed by atoms with Crippen LogP contribution in [0.1, 0.15) is 0 Å². The smallest absolute Gasteiger partial charge is 0.320 e. The lowest BCUT2D eigenvalue weighted by atomic mass is 10.6. The van der Waals surface area contributed by atoms with Gasteiger partial charge in [0.15, 0.2) is 0 Å². The van der Waals surface area contributed by atoms with E-state index in [2.05, 4.69) is 15.0 Å². The second-order valence-corrected chi connectivity index (χ2v) is 2.28. The molecule has 2 heterocycles. The van der Waals surface area contributed by atoms with Gasteiger partial charge in [0.05, 0.1) is 12.5 Å². The molecule has 0 radical (unpaired) electrons. The normalized spacial score (nSPS) is 9.00. The van der Waals surface area contributed by atoms with Crippen molar-refractivity contribution in [2.24, 2.45) is 7.05 Å². The molecule has 1 N–H and O–H groups in total. The molecule has 0 aliphatic carbocycles. The van der Waals surface area contributed by atoms with E-state index in [4.69, 9.17) is 0 Å². The van der Waals surface area contributed by atoms with E-state index >= 15 is 0 Å². The highest BCUT2D eigenvalue weighted by molar-refractivity contribution is 5.85. The minimum Gasteiger partial charge on any atom is -0.320 e. The van der Waals surface area contributed by atoms with Gasteiger partial charge in [-0.3, -0.25) is 4.98 Å². The molecule has 0 unspecified atom stereocenters. The third kappa shape index (κ3) is 1.99. The van der Waals surface area contributed by atoms with Crippen molar-refractivity contribution in [1.82, 2.24) is 19.5 Å². The first-order valence-corrected chi connectivity index (χ1v) is 3.14. The van der Waals surface area contributed by atoms with Gasteiger partial charge in [0.25, 0.3) is 0 Å². The number of nitrogens with one attached hydrogen (secondary N) is 1. The Bertz CT molecular complexity index is 449. The molecular weight excluding hydrogens is 215 g/mol. The summed E-state index contributed by atoms with van der Waals surface area (Å²) in [4.78, 5) is 20.8. The Kier molecular flexibility index (Phi) is 3.90. The third-order valence-electron chi connectivity index (χ3n) is 1.49. The lowest BCUT2D eigenvalue weighted by molar-refractivity contribution is 0.921. The summed E-state index contributed by atoms with van der Waals surface area (Å²) in [5.41, 5.74) is 1.05. The fourth-order valence-electron chi connectivity index (χ4n) is 0.948. The summed E-state index contributed by atoms with van der Waals surface area (Å²) >= 11 is 0. The molecule has 72 valence electrons. The predicted molar refractivity (Wildman–Crippen MR) is 53.6 cm³/mol. The van der Waals surface area contributed by atoms with Gasteiger partial charge in [-0.2, -0.15) is 4.98 Å². The second kappa shape index (κ2) is 4.25. The maximum Gasteiger partial charge on any atom is 0.346 e. The van der Waals surface area contributed by atoms with Crippen molar-refractivity contribution in [2.75, 3.05) is 0 Å². The van der Waals surface area contributed by atoms with E-state index in [0.29, 0.717) is 11.2 Å². The van der Waals surface area contributed by atoms with E-state index in [1.165, 1.54) is 6.20 Å². The Labute approximate surface area is 86.0 Å². The van der Waals surface area contributed by atoms with Gasteiger partial charge >= 0.3 is 5.69 Å². The van der Waals surface area contributed by atoms with Crippen LogP contribution in [-0.4, -0.2) is 19.5 Å². The maximum atomic E-state index is 10.7. The van der Waals surface area contributed by atoms with Gasteiger partial charge in [-0.25, -0.2) is 9.78 Å². The molecule has 0 saturated heterocycles. The number of halogens is 2. The Morgan fingerprint density at radius 1 is 1.38 bits per heavy atom. The first kappa shape index (κ1) is 11.9. The first-order chi connectivity index (χ1) is 5.27. The minimum absolute atomic E-state index is 0. The molecule has 0 spiro atoms. The molecule has 5 nitrogen and oxygen atoms in total. The largest absolute Gasteiger partial charge is 0.346 e. The Balaban J connectivity index is 0.000000720. The van der Waals surface area contributed by atoms with Gasteiger partial charge < -0.3 is 4.57 Å². The van der Waals surface area contributed by atoms with E-state index in [1.807, 2.05) is 7.05 Å². The third-order valence-corrected chi connectivity index (χ3v) is 1.49. The fourth-order valence-corrected chi connectivity index (χ4v) is 0.948. The monoisotopic (exact) mass is 222 g/mol. The Morgan fingerprint density at radius 3 is 2.77 bits per heavy atom. The number of hydrogen-bond acceptors (Lipinski definition) is 3. The molecule has 7 heteroatoms. The number of aryl methyl sites for hydroxylation is 1. The number of nitrogens with zero attached hydrogens (tertiary/aromatic N) is 3. The molecule has 2 aromatic rings. The number of hydrogen-bond donors (Lipinski definition) is 1. The summed E-state index contributed by atoms with van der Waals surface area (Å²) in [7, 11) is 1.81. The topological polar surface area (TPSA) is 63.6 Å². The zero-order chi connectivity index (χ0) is 7.84. The van der Waals surface area contributed by atoms with Crippen molar-refractivity contribution in [3.63, 3.8) is 0 Å². The number of rotatable bonds is 0. The average Bonchev–Trinajstić information content (AvgIpc) is 2.33. The van der Waals surface area contributed by atoms with Crippen molar-refractivity contribution in [1.29, 1.82) is 0 Å². The SMILES string of the molecule is Cl.Cl.Cn1cnc2cnc(=O)[nH]c21. The molecule has 0 atom stereocenters. The van der Waals surface area contributed by atoms with Crippen LogP contribution in [0.2, 0.25) is 0 Å². The number of imidazole rings is 1. The number of fused-ring (bicyclic) bond motifs is 1. The maximum absolute atomic E-state index is 10.7. The van der Waals surface area contributed by atoms with Gasteiger partial charge in [-0.15, -0.1) is 24.8 Å². The summed E-state index contributed by atoms with van der Waals surface area (Å²) in [6, 6.07) is 0. The summed E-state index contributed by atoms with van der Waals surface area (Å²) in [6.07, 6.45) is 3.08. The standard InChI is InChI=1S/C6H6N4O.2ClH/c1-10-3-8-4-2-7-6(11)9-5(4)10;;/h2-3H,1H3,(H,7,9,11);2*1H. The zero-order valence-electron chi connectivity index (χ0n) is 6.72. The van der Waals surface area contributed by atoms with Crippen LogP contribution in [0.25, 0.3) is 11.2 Å². The number of aromatic nitrogens is 4. The van der Waals surface area contributed by atoms with Gasteiger partial charge in [0.1, 0.15) is 11.2 Å². The Hall–Kier alpha value is -1.07. The molecule has 0 bridgehead atoms. The van der Waals surface area contributed by atoms with Crippen LogP contribution < -0.4 is 5.69 Å². The van der Waals surface area contributed by atoms with Gasteiger partial charge in [0.2, 0.25) is 0 Å². The summed E-state index contributed by atoms with van der Waals surface area (Å²) in [5.74, 6) is 0. The van der Waals surface area contributed by atoms with Crippen LogP contribution in [0.5, 0.6) is 0 Å². The second-order valence-electron chi connectivity index (χ2n) is 2.28. The van der Waals surface area contributed by atoms with Crippen molar-refractivity contribution < 1.29 is 0 Å². The highest BCUT2D eigenvalue weighted by Crippen LogP contribution is 2.01.